The van der Waals surface area contributed by atoms with Crippen LogP contribution in [0.15, 0.2) is 47.6 Å². The minimum absolute atomic E-state index is 0.0880. The number of carbonyl (C=O) groups excluding carboxylic acids is 2. The number of nitrogens with zero attached hydrogens (tertiary/aromatic N) is 3. The second kappa shape index (κ2) is 7.13. The summed E-state index contributed by atoms with van der Waals surface area (Å²) in [7, 11) is 0. The number of amides is 2. The van der Waals surface area contributed by atoms with Crippen molar-refractivity contribution in [1.82, 2.24) is 9.97 Å². The summed E-state index contributed by atoms with van der Waals surface area (Å²) in [6, 6.07) is 13.1. The van der Waals surface area contributed by atoms with Crippen LogP contribution < -0.4 is 4.90 Å². The predicted molar refractivity (Wildman–Crippen MR) is 108 cm³/mol. The third kappa shape index (κ3) is 3.16. The molecule has 0 saturated carbocycles. The molecule has 1 aliphatic heterocycles. The molecular formula is C21H18N4O2S. The van der Waals surface area contributed by atoms with Gasteiger partial charge >= 0.3 is 0 Å². The van der Waals surface area contributed by atoms with Gasteiger partial charge in [-0.25, -0.2) is 9.88 Å². The van der Waals surface area contributed by atoms with E-state index in [-0.39, 0.29) is 24.2 Å². The first-order valence-electron chi connectivity index (χ1n) is 8.99. The topological polar surface area (TPSA) is 89.9 Å². The molecule has 0 aliphatic carbocycles. The monoisotopic (exact) mass is 390 g/mol. The van der Waals surface area contributed by atoms with Crippen LogP contribution >= 0.6 is 11.8 Å². The van der Waals surface area contributed by atoms with Gasteiger partial charge in [-0.2, -0.15) is 5.26 Å². The number of benzene rings is 1. The second-order valence-corrected chi connectivity index (χ2v) is 8.17. The number of aromatic nitrogens is 2. The summed E-state index contributed by atoms with van der Waals surface area (Å²) in [6.45, 7) is 4.04. The first-order chi connectivity index (χ1) is 13.5. The highest BCUT2D eigenvalue weighted by Gasteiger charge is 2.40. The van der Waals surface area contributed by atoms with Crippen molar-refractivity contribution >= 4 is 40.2 Å². The summed E-state index contributed by atoms with van der Waals surface area (Å²) >= 11 is 1.20. The molecule has 2 amide bonds. The van der Waals surface area contributed by atoms with Crippen molar-refractivity contribution in [3.63, 3.8) is 0 Å². The van der Waals surface area contributed by atoms with E-state index >= 15 is 0 Å². The lowest BCUT2D eigenvalue weighted by molar-refractivity contribution is -0.121. The van der Waals surface area contributed by atoms with Crippen LogP contribution in [-0.4, -0.2) is 27.0 Å². The molecule has 140 valence electrons. The molecule has 0 spiro atoms. The number of nitrogens with one attached hydrogen (secondary N) is 1. The minimum atomic E-state index is -0.589. The maximum Gasteiger partial charge on any atom is 0.247 e. The van der Waals surface area contributed by atoms with Crippen molar-refractivity contribution in [2.24, 2.45) is 0 Å². The normalized spacial score (nSPS) is 16.9. The van der Waals surface area contributed by atoms with Gasteiger partial charge in [-0.05, 0) is 41.6 Å². The number of carbonyl (C=O) groups is 2. The highest BCUT2D eigenvalue weighted by Crippen LogP contribution is 2.35. The van der Waals surface area contributed by atoms with Gasteiger partial charge in [-0.3, -0.25) is 9.59 Å². The molecular weight excluding hydrogens is 372 g/mol. The van der Waals surface area contributed by atoms with Crippen molar-refractivity contribution in [2.45, 2.75) is 36.5 Å². The van der Waals surface area contributed by atoms with Crippen LogP contribution in [0.5, 0.6) is 0 Å². The number of pyridine rings is 1. The Hall–Kier alpha value is -3.11. The van der Waals surface area contributed by atoms with Crippen LogP contribution in [0, 0.1) is 11.3 Å². The smallest absolute Gasteiger partial charge is 0.247 e. The molecule has 6 nitrogen and oxygen atoms in total. The van der Waals surface area contributed by atoms with Crippen LogP contribution in [0.1, 0.15) is 37.4 Å². The van der Waals surface area contributed by atoms with E-state index in [4.69, 9.17) is 0 Å². The number of anilines is 1. The number of nitriles is 1. The number of hydrogen-bond donors (Lipinski definition) is 1. The van der Waals surface area contributed by atoms with Gasteiger partial charge in [0.25, 0.3) is 0 Å². The van der Waals surface area contributed by atoms with E-state index in [1.807, 2.05) is 38.2 Å². The highest BCUT2D eigenvalue weighted by atomic mass is 32.2. The lowest BCUT2D eigenvalue weighted by Crippen LogP contribution is -2.31. The van der Waals surface area contributed by atoms with E-state index in [1.54, 1.807) is 18.2 Å². The lowest BCUT2D eigenvalue weighted by atomic mass is 10.1. The molecule has 1 atom stereocenters. The molecule has 4 rings (SSSR count). The molecule has 2 aromatic heterocycles. The van der Waals surface area contributed by atoms with Crippen LogP contribution in [0.2, 0.25) is 0 Å². The Labute approximate surface area is 166 Å². The third-order valence-electron chi connectivity index (χ3n) is 4.75. The Kier molecular flexibility index (Phi) is 4.65. The predicted octanol–water partition coefficient (Wildman–Crippen LogP) is 3.98. The number of thioether (sulfide) groups is 1. The van der Waals surface area contributed by atoms with Gasteiger partial charge in [-0.15, -0.1) is 0 Å². The fraction of sp³-hybridized carbons (Fsp3) is 0.238. The van der Waals surface area contributed by atoms with Crippen molar-refractivity contribution < 1.29 is 9.59 Å². The van der Waals surface area contributed by atoms with Crippen molar-refractivity contribution in [2.75, 3.05) is 4.90 Å². The van der Waals surface area contributed by atoms with Gasteiger partial charge in [0.15, 0.2) is 0 Å². The molecule has 7 heteroatoms. The zero-order valence-electron chi connectivity index (χ0n) is 15.5. The quantitative estimate of drug-likeness (QED) is 0.681. The fourth-order valence-electron chi connectivity index (χ4n) is 3.23. The number of rotatable bonds is 4. The van der Waals surface area contributed by atoms with Gasteiger partial charge in [0.05, 0.1) is 16.5 Å². The zero-order valence-corrected chi connectivity index (χ0v) is 16.3. The molecule has 1 aromatic carbocycles. The molecule has 1 saturated heterocycles. The summed E-state index contributed by atoms with van der Waals surface area (Å²) in [5.74, 6) is -0.314. The summed E-state index contributed by atoms with van der Waals surface area (Å²) in [5, 5.41) is 10.3. The van der Waals surface area contributed by atoms with Gasteiger partial charge in [0.1, 0.15) is 11.1 Å². The van der Waals surface area contributed by atoms with Crippen LogP contribution in [0.4, 0.5) is 5.69 Å². The van der Waals surface area contributed by atoms with Gasteiger partial charge in [0, 0.05) is 23.8 Å². The van der Waals surface area contributed by atoms with E-state index in [0.717, 1.165) is 16.6 Å². The summed E-state index contributed by atoms with van der Waals surface area (Å²) in [6.07, 6.45) is 1.91. The van der Waals surface area contributed by atoms with Crippen molar-refractivity contribution in [1.29, 1.82) is 5.26 Å². The fourth-order valence-corrected chi connectivity index (χ4v) is 4.33. The zero-order chi connectivity index (χ0) is 19.8. The molecule has 1 N–H and O–H groups in total. The summed E-state index contributed by atoms with van der Waals surface area (Å²) in [4.78, 5) is 34.4. The molecule has 28 heavy (non-hydrogen) atoms. The average Bonchev–Trinajstić information content (AvgIpc) is 3.25. The third-order valence-corrected chi connectivity index (χ3v) is 5.94. The minimum Gasteiger partial charge on any atom is -0.361 e. The van der Waals surface area contributed by atoms with Crippen molar-refractivity contribution in [3.8, 4) is 6.07 Å². The van der Waals surface area contributed by atoms with Crippen LogP contribution in [0.3, 0.4) is 0 Å². The van der Waals surface area contributed by atoms with E-state index in [2.05, 4.69) is 16.0 Å². The molecule has 3 heterocycles. The number of fused-ring (bicyclic) bond motifs is 1. The first kappa shape index (κ1) is 18.3. The lowest BCUT2D eigenvalue weighted by Gasteiger charge is -2.15. The molecule has 1 fully saturated rings. The average molecular weight is 390 g/mol. The molecule has 1 unspecified atom stereocenters. The maximum atomic E-state index is 13.0. The first-order valence-corrected chi connectivity index (χ1v) is 9.87. The van der Waals surface area contributed by atoms with Crippen molar-refractivity contribution in [3.05, 3.63) is 53.9 Å². The van der Waals surface area contributed by atoms with E-state index in [0.29, 0.717) is 16.3 Å². The van der Waals surface area contributed by atoms with Crippen LogP contribution in [0.25, 0.3) is 10.9 Å². The van der Waals surface area contributed by atoms with Gasteiger partial charge in [0.2, 0.25) is 11.8 Å². The Morgan fingerprint density at radius 1 is 1.25 bits per heavy atom. The van der Waals surface area contributed by atoms with Crippen LogP contribution in [-0.2, 0) is 9.59 Å². The van der Waals surface area contributed by atoms with E-state index < -0.39 is 5.25 Å². The van der Waals surface area contributed by atoms with Gasteiger partial charge in [-0.1, -0.05) is 31.7 Å². The SMILES string of the molecule is CC(C)c1ccc(C#N)c(SC2CC(=O)N(c3ccc4cc[nH]c4c3)C2=O)n1. The Morgan fingerprint density at radius 3 is 2.82 bits per heavy atom. The largest absolute Gasteiger partial charge is 0.361 e. The summed E-state index contributed by atoms with van der Waals surface area (Å²) < 4.78 is 0. The molecule has 0 radical (unpaired) electrons. The standard InChI is InChI=1S/C21H18N4O2S/c1-12(2)16-6-4-14(11-22)20(24-16)28-18-10-19(26)25(21(18)27)15-5-3-13-7-8-23-17(13)9-15/h3-9,12,18,23H,10H2,1-2H3. The maximum absolute atomic E-state index is 13.0. The van der Waals surface area contributed by atoms with E-state index in [1.165, 1.54) is 16.7 Å². The van der Waals surface area contributed by atoms with Gasteiger partial charge < -0.3 is 4.98 Å². The number of aromatic amines is 1. The Balaban J connectivity index is 1.63. The molecule has 3 aromatic rings. The Bertz CT molecular complexity index is 1130. The number of imide groups is 1. The number of hydrogen-bond acceptors (Lipinski definition) is 5. The molecule has 0 bridgehead atoms. The Morgan fingerprint density at radius 2 is 2.07 bits per heavy atom. The second-order valence-electron chi connectivity index (χ2n) is 6.98. The van der Waals surface area contributed by atoms with E-state index in [9.17, 15) is 14.9 Å². The highest BCUT2D eigenvalue weighted by molar-refractivity contribution is 8.00. The summed E-state index contributed by atoms with van der Waals surface area (Å²) in [5.41, 5.74) is 2.69. The molecule has 1 aliphatic rings. The number of H-pyrrole nitrogens is 1.